The summed E-state index contributed by atoms with van der Waals surface area (Å²) in [6.07, 6.45) is 0. The molecular formula is C25H30ClN3O5S. The van der Waals surface area contributed by atoms with Gasteiger partial charge in [0.05, 0.1) is 27.4 Å². The number of nitrogens with zero attached hydrogens (tertiary/aromatic N) is 3. The molecule has 0 atom stereocenters. The number of carbonyl (C=O) groups is 1. The highest BCUT2D eigenvalue weighted by molar-refractivity contribution is 7.22. The van der Waals surface area contributed by atoms with E-state index in [9.17, 15) is 4.79 Å². The minimum atomic E-state index is -1.15. The predicted octanol–water partition coefficient (Wildman–Crippen LogP) is 4.49. The molecule has 1 amide bonds. The average Bonchev–Trinajstić information content (AvgIpc) is 3.30. The number of hydrogen-bond donors (Lipinski definition) is 0. The van der Waals surface area contributed by atoms with Gasteiger partial charge in [-0.1, -0.05) is 22.9 Å². The van der Waals surface area contributed by atoms with Gasteiger partial charge in [-0.05, 0) is 50.2 Å². The van der Waals surface area contributed by atoms with Crippen LogP contribution < -0.4 is 19.1 Å². The number of hydrogen-bond acceptors (Lipinski definition) is 8. The molecule has 35 heavy (non-hydrogen) atoms. The van der Waals surface area contributed by atoms with E-state index in [0.717, 1.165) is 17.8 Å². The summed E-state index contributed by atoms with van der Waals surface area (Å²) in [4.78, 5) is 22.7. The molecule has 1 aliphatic heterocycles. The molecule has 1 aliphatic rings. The van der Waals surface area contributed by atoms with Crippen molar-refractivity contribution in [3.63, 3.8) is 0 Å². The van der Waals surface area contributed by atoms with Crippen molar-refractivity contribution in [1.82, 2.24) is 9.88 Å². The Hall–Kier alpha value is -2.59. The summed E-state index contributed by atoms with van der Waals surface area (Å²) in [6.45, 7) is 7.71. The number of thiazole rings is 1. The molecule has 188 valence electrons. The Morgan fingerprint density at radius 2 is 1.77 bits per heavy atom. The Morgan fingerprint density at radius 3 is 2.43 bits per heavy atom. The fraction of sp³-hybridized carbons (Fsp3) is 0.440. The zero-order chi connectivity index (χ0) is 25.0. The van der Waals surface area contributed by atoms with E-state index in [0.29, 0.717) is 59.2 Å². The first-order chi connectivity index (χ1) is 16.8. The molecule has 0 aliphatic carbocycles. The van der Waals surface area contributed by atoms with Gasteiger partial charge in [0, 0.05) is 31.2 Å². The van der Waals surface area contributed by atoms with Crippen molar-refractivity contribution >= 4 is 44.2 Å². The van der Waals surface area contributed by atoms with Gasteiger partial charge >= 0.3 is 0 Å². The van der Waals surface area contributed by atoms with Crippen LogP contribution in [0.1, 0.15) is 13.8 Å². The first-order valence-corrected chi connectivity index (χ1v) is 12.6. The van der Waals surface area contributed by atoms with E-state index in [4.69, 9.17) is 35.5 Å². The van der Waals surface area contributed by atoms with Gasteiger partial charge in [0.25, 0.3) is 5.91 Å². The van der Waals surface area contributed by atoms with Gasteiger partial charge in [-0.25, -0.2) is 4.98 Å². The Labute approximate surface area is 214 Å². The summed E-state index contributed by atoms with van der Waals surface area (Å²) in [7, 11) is 3.22. The van der Waals surface area contributed by atoms with Crippen molar-refractivity contribution in [3.8, 4) is 17.2 Å². The molecule has 0 N–H and O–H groups in total. The van der Waals surface area contributed by atoms with Crippen molar-refractivity contribution in [3.05, 3.63) is 41.4 Å². The maximum absolute atomic E-state index is 13.9. The summed E-state index contributed by atoms with van der Waals surface area (Å²) in [6, 6.07) is 10.6. The van der Waals surface area contributed by atoms with Crippen molar-refractivity contribution < 1.29 is 23.7 Å². The third-order valence-electron chi connectivity index (χ3n) is 5.82. The standard InChI is InChI=1S/C25H30ClN3O5S/c1-25(2,34-18-7-5-17(26)6-8-18)23(30)29(12-11-28-13-15-33-16-14-28)24-27-21-19(31-3)9-10-20(32-4)22(21)35-24/h5-10H,11-16H2,1-4H3. The first kappa shape index (κ1) is 25.5. The van der Waals surface area contributed by atoms with Gasteiger partial charge in [0.15, 0.2) is 10.7 Å². The lowest BCUT2D eigenvalue weighted by atomic mass is 10.1. The number of halogens is 1. The highest BCUT2D eigenvalue weighted by Gasteiger charge is 2.37. The molecule has 0 spiro atoms. The van der Waals surface area contributed by atoms with Gasteiger partial charge < -0.3 is 18.9 Å². The van der Waals surface area contributed by atoms with Crippen molar-refractivity contribution in [2.45, 2.75) is 19.4 Å². The number of anilines is 1. The highest BCUT2D eigenvalue weighted by atomic mass is 35.5. The summed E-state index contributed by atoms with van der Waals surface area (Å²) >= 11 is 7.41. The SMILES string of the molecule is COc1ccc(OC)c2sc(N(CCN3CCOCC3)C(=O)C(C)(C)Oc3ccc(Cl)cc3)nc12. The van der Waals surface area contributed by atoms with Crippen LogP contribution in [0.25, 0.3) is 10.2 Å². The van der Waals surface area contributed by atoms with Crippen LogP contribution in [-0.4, -0.2) is 75.0 Å². The summed E-state index contributed by atoms with van der Waals surface area (Å²) < 4.78 is 23.5. The molecule has 10 heteroatoms. The second-order valence-corrected chi connectivity index (χ2v) is 10.0. The van der Waals surface area contributed by atoms with Crippen molar-refractivity contribution in [2.24, 2.45) is 0 Å². The minimum Gasteiger partial charge on any atom is -0.495 e. The van der Waals surface area contributed by atoms with Gasteiger partial charge in [-0.3, -0.25) is 14.6 Å². The molecule has 4 rings (SSSR count). The Morgan fingerprint density at radius 1 is 1.11 bits per heavy atom. The molecule has 0 unspecified atom stereocenters. The number of amides is 1. The lowest BCUT2D eigenvalue weighted by Gasteiger charge is -2.33. The third-order valence-corrected chi connectivity index (χ3v) is 7.17. The number of ether oxygens (including phenoxy) is 4. The summed E-state index contributed by atoms with van der Waals surface area (Å²) in [5.41, 5.74) is -0.488. The molecule has 1 saturated heterocycles. The van der Waals surface area contributed by atoms with Crippen LogP contribution in [0.4, 0.5) is 5.13 Å². The molecule has 2 aromatic carbocycles. The van der Waals surface area contributed by atoms with E-state index < -0.39 is 5.60 Å². The predicted molar refractivity (Wildman–Crippen MR) is 138 cm³/mol. The van der Waals surface area contributed by atoms with E-state index in [-0.39, 0.29) is 5.91 Å². The maximum atomic E-state index is 13.9. The monoisotopic (exact) mass is 519 g/mol. The van der Waals surface area contributed by atoms with E-state index in [2.05, 4.69) is 4.90 Å². The highest BCUT2D eigenvalue weighted by Crippen LogP contribution is 2.40. The maximum Gasteiger partial charge on any atom is 0.272 e. The Kier molecular flexibility index (Phi) is 8.01. The molecule has 0 bridgehead atoms. The quantitative estimate of drug-likeness (QED) is 0.412. The third kappa shape index (κ3) is 5.81. The van der Waals surface area contributed by atoms with Crippen LogP contribution in [0.15, 0.2) is 36.4 Å². The molecule has 1 aromatic heterocycles. The van der Waals surface area contributed by atoms with Crippen LogP contribution in [0.3, 0.4) is 0 Å². The zero-order valence-corrected chi connectivity index (χ0v) is 21.9. The first-order valence-electron chi connectivity index (χ1n) is 11.4. The number of morpholine rings is 1. The van der Waals surface area contributed by atoms with Gasteiger partial charge in [0.1, 0.15) is 27.5 Å². The normalized spacial score (nSPS) is 14.7. The minimum absolute atomic E-state index is 0.197. The topological polar surface area (TPSA) is 73.4 Å². The smallest absolute Gasteiger partial charge is 0.272 e. The molecule has 0 saturated carbocycles. The lowest BCUT2D eigenvalue weighted by molar-refractivity contribution is -0.131. The van der Waals surface area contributed by atoms with Crippen molar-refractivity contribution in [1.29, 1.82) is 0 Å². The Balaban J connectivity index is 1.67. The number of aromatic nitrogens is 1. The second kappa shape index (κ2) is 11.0. The van der Waals surface area contributed by atoms with Crippen LogP contribution in [0, 0.1) is 0 Å². The number of rotatable bonds is 9. The number of carbonyl (C=O) groups excluding carboxylic acids is 1. The fourth-order valence-corrected chi connectivity index (χ4v) is 5.13. The van der Waals surface area contributed by atoms with Gasteiger partial charge in [-0.2, -0.15) is 0 Å². The van der Waals surface area contributed by atoms with Crippen LogP contribution in [0.5, 0.6) is 17.2 Å². The molecule has 8 nitrogen and oxygen atoms in total. The second-order valence-electron chi connectivity index (χ2n) is 8.62. The van der Waals surface area contributed by atoms with E-state index in [1.165, 1.54) is 11.3 Å². The van der Waals surface area contributed by atoms with Crippen LogP contribution in [0.2, 0.25) is 5.02 Å². The molecule has 3 aromatic rings. The fourth-order valence-electron chi connectivity index (χ4n) is 3.91. The van der Waals surface area contributed by atoms with Crippen LogP contribution >= 0.6 is 22.9 Å². The number of fused-ring (bicyclic) bond motifs is 1. The van der Waals surface area contributed by atoms with E-state index >= 15 is 0 Å². The molecule has 0 radical (unpaired) electrons. The molecule has 2 heterocycles. The van der Waals surface area contributed by atoms with Gasteiger partial charge in [-0.15, -0.1) is 0 Å². The number of benzene rings is 2. The zero-order valence-electron chi connectivity index (χ0n) is 20.4. The van der Waals surface area contributed by atoms with Gasteiger partial charge in [0.2, 0.25) is 0 Å². The summed E-state index contributed by atoms with van der Waals surface area (Å²) in [5.74, 6) is 1.67. The Bertz CT molecular complexity index is 1120. The van der Waals surface area contributed by atoms with E-state index in [1.54, 1.807) is 57.2 Å². The number of methoxy groups -OCH3 is 2. The van der Waals surface area contributed by atoms with Crippen molar-refractivity contribution in [2.75, 3.05) is 58.5 Å². The summed E-state index contributed by atoms with van der Waals surface area (Å²) in [5, 5.41) is 1.17. The lowest BCUT2D eigenvalue weighted by Crippen LogP contribution is -2.51. The average molecular weight is 520 g/mol. The van der Waals surface area contributed by atoms with Crippen LogP contribution in [-0.2, 0) is 9.53 Å². The van der Waals surface area contributed by atoms with E-state index in [1.807, 2.05) is 12.1 Å². The molecular weight excluding hydrogens is 490 g/mol. The largest absolute Gasteiger partial charge is 0.495 e. The molecule has 1 fully saturated rings.